The van der Waals surface area contributed by atoms with E-state index in [1.807, 2.05) is 97.1 Å². The molecule has 1 aliphatic heterocycles. The fourth-order valence-electron chi connectivity index (χ4n) is 4.42. The van der Waals surface area contributed by atoms with Crippen LogP contribution in [0.25, 0.3) is 10.8 Å². The minimum atomic E-state index is -1.27. The van der Waals surface area contributed by atoms with Gasteiger partial charge >= 0.3 is 6.03 Å². The van der Waals surface area contributed by atoms with Crippen molar-refractivity contribution in [2.24, 2.45) is 0 Å². The number of nitrogens with one attached hydrogen (secondary N) is 2. The minimum Gasteiger partial charge on any atom is -0.325 e. The van der Waals surface area contributed by atoms with Crippen LogP contribution in [0.3, 0.4) is 0 Å². The van der Waals surface area contributed by atoms with Crippen LogP contribution in [0.1, 0.15) is 11.1 Å². The van der Waals surface area contributed by atoms with Crippen LogP contribution in [-0.4, -0.2) is 29.3 Å². The molecule has 168 valence electrons. The first-order chi connectivity index (χ1) is 16.5. The molecule has 6 nitrogen and oxygen atoms in total. The standard InChI is InChI=1S/C28H23N3O3/c32-25(29-24-16-15-21-11-7-8-12-22(21)17-24)19-31-26(33)28(30-27(31)34,23-13-5-2-6-14-23)18-20-9-3-1-4-10-20/h1-17H,18-19H2,(H,29,32)(H,30,34)/t28-/m1/s1. The van der Waals surface area contributed by atoms with Crippen LogP contribution >= 0.6 is 0 Å². The van der Waals surface area contributed by atoms with Gasteiger partial charge in [0.2, 0.25) is 5.91 Å². The van der Waals surface area contributed by atoms with Crippen molar-refractivity contribution >= 4 is 34.3 Å². The van der Waals surface area contributed by atoms with Crippen molar-refractivity contribution in [1.82, 2.24) is 10.2 Å². The van der Waals surface area contributed by atoms with E-state index in [2.05, 4.69) is 10.6 Å². The van der Waals surface area contributed by atoms with Crippen molar-refractivity contribution < 1.29 is 14.4 Å². The van der Waals surface area contributed by atoms with Crippen LogP contribution in [0.2, 0.25) is 0 Å². The Balaban J connectivity index is 1.39. The summed E-state index contributed by atoms with van der Waals surface area (Å²) >= 11 is 0. The van der Waals surface area contributed by atoms with Gasteiger partial charge < -0.3 is 10.6 Å². The number of carbonyl (C=O) groups is 3. The second kappa shape index (κ2) is 8.83. The number of urea groups is 1. The maximum absolute atomic E-state index is 13.7. The second-order valence-electron chi connectivity index (χ2n) is 8.37. The van der Waals surface area contributed by atoms with E-state index in [4.69, 9.17) is 0 Å². The summed E-state index contributed by atoms with van der Waals surface area (Å²) in [6, 6.07) is 31.5. The van der Waals surface area contributed by atoms with E-state index < -0.39 is 23.4 Å². The highest BCUT2D eigenvalue weighted by Crippen LogP contribution is 2.33. The van der Waals surface area contributed by atoms with Crippen molar-refractivity contribution in [3.63, 3.8) is 0 Å². The Kier molecular flexibility index (Phi) is 5.55. The Morgan fingerprint density at radius 2 is 1.44 bits per heavy atom. The van der Waals surface area contributed by atoms with E-state index >= 15 is 0 Å². The lowest BCUT2D eigenvalue weighted by Crippen LogP contribution is -2.46. The number of fused-ring (bicyclic) bond motifs is 1. The van der Waals surface area contributed by atoms with E-state index in [1.54, 1.807) is 6.07 Å². The van der Waals surface area contributed by atoms with Crippen LogP contribution < -0.4 is 10.6 Å². The summed E-state index contributed by atoms with van der Waals surface area (Å²) in [4.78, 5) is 40.4. The largest absolute Gasteiger partial charge is 0.325 e. The molecule has 0 saturated carbocycles. The lowest BCUT2D eigenvalue weighted by Gasteiger charge is -2.27. The van der Waals surface area contributed by atoms with Crippen LogP contribution in [0, 0.1) is 0 Å². The summed E-state index contributed by atoms with van der Waals surface area (Å²) in [6.07, 6.45) is 0.283. The fourth-order valence-corrected chi connectivity index (χ4v) is 4.42. The molecule has 0 aromatic heterocycles. The first-order valence-electron chi connectivity index (χ1n) is 11.1. The number of benzene rings is 4. The van der Waals surface area contributed by atoms with E-state index in [-0.39, 0.29) is 13.0 Å². The van der Waals surface area contributed by atoms with Gasteiger partial charge in [0.15, 0.2) is 5.54 Å². The summed E-state index contributed by atoms with van der Waals surface area (Å²) in [5.41, 5.74) is 0.912. The summed E-state index contributed by atoms with van der Waals surface area (Å²) in [5.74, 6) is -0.886. The number of anilines is 1. The molecule has 0 spiro atoms. The molecule has 1 heterocycles. The Morgan fingerprint density at radius 3 is 2.18 bits per heavy atom. The van der Waals surface area contributed by atoms with Crippen molar-refractivity contribution in [2.75, 3.05) is 11.9 Å². The average Bonchev–Trinajstić information content (AvgIpc) is 3.10. The molecule has 4 amide bonds. The molecule has 0 aliphatic carbocycles. The summed E-state index contributed by atoms with van der Waals surface area (Å²) in [7, 11) is 0. The Morgan fingerprint density at radius 1 is 0.794 bits per heavy atom. The monoisotopic (exact) mass is 449 g/mol. The lowest BCUT2D eigenvalue weighted by molar-refractivity contribution is -0.134. The molecule has 5 rings (SSSR count). The van der Waals surface area contributed by atoms with Crippen molar-refractivity contribution in [3.05, 3.63) is 114 Å². The van der Waals surface area contributed by atoms with Gasteiger partial charge in [-0.1, -0.05) is 91.0 Å². The molecule has 1 fully saturated rings. The van der Waals surface area contributed by atoms with Crippen molar-refractivity contribution in [1.29, 1.82) is 0 Å². The molecule has 4 aromatic carbocycles. The number of imide groups is 1. The SMILES string of the molecule is O=C(CN1C(=O)N[C@](Cc2ccccc2)(c2ccccc2)C1=O)Nc1ccc2ccccc2c1. The topological polar surface area (TPSA) is 78.5 Å². The van der Waals surface area contributed by atoms with Gasteiger partial charge in [0.05, 0.1) is 0 Å². The number of rotatable bonds is 6. The van der Waals surface area contributed by atoms with Crippen LogP contribution in [0.15, 0.2) is 103 Å². The zero-order valence-electron chi connectivity index (χ0n) is 18.4. The number of hydrogen-bond donors (Lipinski definition) is 2. The van der Waals surface area contributed by atoms with Gasteiger partial charge in [0.1, 0.15) is 6.54 Å². The first-order valence-corrected chi connectivity index (χ1v) is 11.1. The van der Waals surface area contributed by atoms with Gasteiger partial charge in [-0.2, -0.15) is 0 Å². The molecular formula is C28H23N3O3. The molecule has 1 aliphatic rings. The third kappa shape index (κ3) is 4.01. The third-order valence-electron chi connectivity index (χ3n) is 6.09. The van der Waals surface area contributed by atoms with Gasteiger partial charge in [-0.15, -0.1) is 0 Å². The average molecular weight is 450 g/mol. The second-order valence-corrected chi connectivity index (χ2v) is 8.37. The maximum Gasteiger partial charge on any atom is 0.325 e. The van der Waals surface area contributed by atoms with Gasteiger partial charge in [-0.25, -0.2) is 4.79 Å². The van der Waals surface area contributed by atoms with Gasteiger partial charge in [0, 0.05) is 12.1 Å². The molecule has 6 heteroatoms. The number of carbonyl (C=O) groups excluding carboxylic acids is 3. The van der Waals surface area contributed by atoms with E-state index in [0.717, 1.165) is 21.2 Å². The first kappa shape index (κ1) is 21.4. The summed E-state index contributed by atoms with van der Waals surface area (Å²) in [6.45, 7) is -0.374. The maximum atomic E-state index is 13.7. The molecule has 0 unspecified atom stereocenters. The van der Waals surface area contributed by atoms with Crippen LogP contribution in [0.5, 0.6) is 0 Å². The van der Waals surface area contributed by atoms with Crippen molar-refractivity contribution in [3.8, 4) is 0 Å². The fraction of sp³-hybridized carbons (Fsp3) is 0.107. The number of hydrogen-bond acceptors (Lipinski definition) is 3. The number of amides is 4. The normalized spacial score (nSPS) is 17.6. The molecule has 2 N–H and O–H groups in total. The lowest BCUT2D eigenvalue weighted by atomic mass is 9.83. The molecule has 1 atom stereocenters. The van der Waals surface area contributed by atoms with Crippen molar-refractivity contribution in [2.45, 2.75) is 12.0 Å². The molecule has 0 radical (unpaired) electrons. The Bertz CT molecular complexity index is 1370. The van der Waals surface area contributed by atoms with E-state index in [0.29, 0.717) is 11.3 Å². The van der Waals surface area contributed by atoms with Crippen LogP contribution in [0.4, 0.5) is 10.5 Å². The van der Waals surface area contributed by atoms with Gasteiger partial charge in [0.25, 0.3) is 5.91 Å². The van der Waals surface area contributed by atoms with Gasteiger partial charge in [-0.3, -0.25) is 14.5 Å². The number of nitrogens with zero attached hydrogens (tertiary/aromatic N) is 1. The summed E-state index contributed by atoms with van der Waals surface area (Å²) in [5, 5.41) is 7.73. The molecular weight excluding hydrogens is 426 g/mol. The van der Waals surface area contributed by atoms with Crippen LogP contribution in [-0.2, 0) is 21.5 Å². The third-order valence-corrected chi connectivity index (χ3v) is 6.09. The highest BCUT2D eigenvalue weighted by Gasteiger charge is 2.52. The minimum absolute atomic E-state index is 0.283. The predicted octanol–water partition coefficient (Wildman–Crippen LogP) is 4.47. The van der Waals surface area contributed by atoms with Gasteiger partial charge in [-0.05, 0) is 34.0 Å². The highest BCUT2D eigenvalue weighted by molar-refractivity contribution is 6.10. The Hall–Kier alpha value is -4.45. The van der Waals surface area contributed by atoms with E-state index in [1.165, 1.54) is 0 Å². The Labute approximate surface area is 197 Å². The molecule has 1 saturated heterocycles. The molecule has 34 heavy (non-hydrogen) atoms. The predicted molar refractivity (Wildman–Crippen MR) is 131 cm³/mol. The zero-order valence-corrected chi connectivity index (χ0v) is 18.4. The quantitative estimate of drug-likeness (QED) is 0.427. The molecule has 4 aromatic rings. The smallest absolute Gasteiger partial charge is 0.325 e. The summed E-state index contributed by atoms with van der Waals surface area (Å²) < 4.78 is 0. The highest BCUT2D eigenvalue weighted by atomic mass is 16.2. The zero-order chi connectivity index (χ0) is 23.5. The molecule has 0 bridgehead atoms. The van der Waals surface area contributed by atoms with E-state index in [9.17, 15) is 14.4 Å².